The summed E-state index contributed by atoms with van der Waals surface area (Å²) in [6.45, 7) is 4.09. The van der Waals surface area contributed by atoms with Crippen LogP contribution in [-0.4, -0.2) is 21.0 Å². The van der Waals surface area contributed by atoms with Gasteiger partial charge in [-0.15, -0.1) is 0 Å². The first kappa shape index (κ1) is 15.7. The van der Waals surface area contributed by atoms with Crippen LogP contribution in [0.4, 0.5) is 0 Å². The second kappa shape index (κ2) is 6.50. The molecule has 0 saturated heterocycles. The second-order valence-electron chi connectivity index (χ2n) is 6.08. The van der Waals surface area contributed by atoms with E-state index in [4.69, 9.17) is 11.6 Å². The third kappa shape index (κ3) is 3.42. The molecule has 1 aromatic carbocycles. The first-order chi connectivity index (χ1) is 11.0. The van der Waals surface area contributed by atoms with Crippen LogP contribution in [0.15, 0.2) is 36.5 Å². The van der Waals surface area contributed by atoms with Crippen molar-refractivity contribution in [3.63, 3.8) is 0 Å². The van der Waals surface area contributed by atoms with E-state index >= 15 is 0 Å². The number of aromatic nitrogens is 3. The average Bonchev–Trinajstić information content (AvgIpc) is 2.89. The van der Waals surface area contributed by atoms with Gasteiger partial charge in [0.1, 0.15) is 5.78 Å². The molecule has 2 aromatic heterocycles. The van der Waals surface area contributed by atoms with E-state index in [-0.39, 0.29) is 5.78 Å². The number of nitrogens with one attached hydrogen (secondary N) is 1. The molecule has 0 radical (unpaired) electrons. The molecule has 0 aliphatic heterocycles. The number of pyridine rings is 1. The van der Waals surface area contributed by atoms with Crippen molar-refractivity contribution in [2.75, 3.05) is 0 Å². The lowest BCUT2D eigenvalue weighted by Gasteiger charge is -2.05. The van der Waals surface area contributed by atoms with Gasteiger partial charge >= 0.3 is 0 Å². The second-order valence-corrected chi connectivity index (χ2v) is 6.49. The fourth-order valence-electron chi connectivity index (χ4n) is 2.67. The van der Waals surface area contributed by atoms with E-state index in [0.717, 1.165) is 27.9 Å². The van der Waals surface area contributed by atoms with E-state index in [2.05, 4.69) is 15.2 Å². The van der Waals surface area contributed by atoms with Crippen LogP contribution < -0.4 is 0 Å². The van der Waals surface area contributed by atoms with Crippen LogP contribution in [0.25, 0.3) is 22.2 Å². The van der Waals surface area contributed by atoms with Crippen molar-refractivity contribution in [1.82, 2.24) is 15.2 Å². The highest BCUT2D eigenvalue weighted by Gasteiger charge is 2.13. The molecule has 5 heteroatoms. The lowest BCUT2D eigenvalue weighted by Crippen LogP contribution is -2.06. The van der Waals surface area contributed by atoms with Gasteiger partial charge in [0.15, 0.2) is 0 Å². The molecule has 0 spiro atoms. The number of H-pyrrole nitrogens is 1. The van der Waals surface area contributed by atoms with E-state index in [0.29, 0.717) is 23.8 Å². The summed E-state index contributed by atoms with van der Waals surface area (Å²) < 4.78 is 0. The molecule has 118 valence electrons. The largest absolute Gasteiger partial charge is 0.299 e. The van der Waals surface area contributed by atoms with Gasteiger partial charge in [-0.1, -0.05) is 31.5 Å². The number of carbonyl (C=O) groups excluding carboxylic acids is 1. The Morgan fingerprint density at radius 1 is 1.30 bits per heavy atom. The first-order valence-corrected chi connectivity index (χ1v) is 8.02. The Kier molecular flexibility index (Phi) is 4.44. The first-order valence-electron chi connectivity index (χ1n) is 7.64. The van der Waals surface area contributed by atoms with Gasteiger partial charge in [0, 0.05) is 30.0 Å². The third-order valence-corrected chi connectivity index (χ3v) is 3.98. The van der Waals surface area contributed by atoms with Gasteiger partial charge in [0.05, 0.1) is 21.9 Å². The van der Waals surface area contributed by atoms with E-state index in [1.54, 1.807) is 12.3 Å². The van der Waals surface area contributed by atoms with Crippen LogP contribution in [0.2, 0.25) is 5.02 Å². The zero-order chi connectivity index (χ0) is 16.4. The Hall–Kier alpha value is -2.20. The summed E-state index contributed by atoms with van der Waals surface area (Å²) in [7, 11) is 0. The smallest absolute Gasteiger partial charge is 0.139 e. The fraction of sp³-hybridized carbons (Fsp3) is 0.278. The molecule has 3 rings (SSSR count). The number of Topliss-reactive ketones (excluding diaryl/α,β-unsaturated/α-hetero) is 1. The van der Waals surface area contributed by atoms with Crippen molar-refractivity contribution in [3.8, 4) is 11.3 Å². The van der Waals surface area contributed by atoms with Gasteiger partial charge in [-0.2, -0.15) is 5.10 Å². The maximum absolute atomic E-state index is 12.1. The highest BCUT2D eigenvalue weighted by Crippen LogP contribution is 2.29. The molecule has 0 bridgehead atoms. The van der Waals surface area contributed by atoms with Gasteiger partial charge in [0.25, 0.3) is 0 Å². The molecule has 0 saturated carbocycles. The Balaban J connectivity index is 1.97. The summed E-state index contributed by atoms with van der Waals surface area (Å²) in [5, 5.41) is 8.81. The minimum Gasteiger partial charge on any atom is -0.299 e. The number of benzene rings is 1. The molecule has 0 aliphatic rings. The topological polar surface area (TPSA) is 58.6 Å². The SMILES string of the molecule is CC(C)CC(=O)Cc1[nH]nc2ccc(-c3ncccc3Cl)cc12. The van der Waals surface area contributed by atoms with Crippen molar-refractivity contribution >= 4 is 28.3 Å². The van der Waals surface area contributed by atoms with Crippen LogP contribution >= 0.6 is 11.6 Å². The Labute approximate surface area is 139 Å². The number of nitrogens with zero attached hydrogens (tertiary/aromatic N) is 2. The minimum absolute atomic E-state index is 0.215. The summed E-state index contributed by atoms with van der Waals surface area (Å²) in [4.78, 5) is 16.4. The monoisotopic (exact) mass is 327 g/mol. The molecule has 23 heavy (non-hydrogen) atoms. The standard InChI is InChI=1S/C18H18ClN3O/c1-11(2)8-13(23)10-17-14-9-12(5-6-16(14)21-22-17)18-15(19)4-3-7-20-18/h3-7,9,11H,8,10H2,1-2H3,(H,21,22). The number of hydrogen-bond donors (Lipinski definition) is 1. The van der Waals surface area contributed by atoms with Crippen LogP contribution in [0.3, 0.4) is 0 Å². The molecule has 0 amide bonds. The highest BCUT2D eigenvalue weighted by atomic mass is 35.5. The van der Waals surface area contributed by atoms with Crippen molar-refractivity contribution in [2.45, 2.75) is 26.7 Å². The number of halogens is 1. The van der Waals surface area contributed by atoms with Gasteiger partial charge < -0.3 is 0 Å². The van der Waals surface area contributed by atoms with E-state index in [1.165, 1.54) is 0 Å². The number of hydrogen-bond acceptors (Lipinski definition) is 3. The number of carbonyl (C=O) groups is 1. The van der Waals surface area contributed by atoms with E-state index in [1.807, 2.05) is 38.1 Å². The third-order valence-electron chi connectivity index (χ3n) is 3.67. The number of fused-ring (bicyclic) bond motifs is 1. The summed E-state index contributed by atoms with van der Waals surface area (Å²) in [6.07, 6.45) is 2.66. The minimum atomic E-state index is 0.215. The van der Waals surface area contributed by atoms with Crippen molar-refractivity contribution < 1.29 is 4.79 Å². The maximum atomic E-state index is 12.1. The molecular weight excluding hydrogens is 310 g/mol. The Bertz CT molecular complexity index is 854. The molecule has 0 aliphatic carbocycles. The fourth-order valence-corrected chi connectivity index (χ4v) is 2.90. The van der Waals surface area contributed by atoms with Crippen molar-refractivity contribution in [3.05, 3.63) is 47.2 Å². The summed E-state index contributed by atoms with van der Waals surface area (Å²) in [6, 6.07) is 9.47. The summed E-state index contributed by atoms with van der Waals surface area (Å²) in [5.41, 5.74) is 3.34. The number of aromatic amines is 1. The lowest BCUT2D eigenvalue weighted by molar-refractivity contribution is -0.119. The van der Waals surface area contributed by atoms with Gasteiger partial charge in [-0.05, 0) is 30.2 Å². The number of ketones is 1. The zero-order valence-electron chi connectivity index (χ0n) is 13.1. The van der Waals surface area contributed by atoms with Crippen molar-refractivity contribution in [2.24, 2.45) is 5.92 Å². The van der Waals surface area contributed by atoms with Gasteiger partial charge in [0.2, 0.25) is 0 Å². The molecule has 0 fully saturated rings. The predicted octanol–water partition coefficient (Wildman–Crippen LogP) is 4.44. The summed E-state index contributed by atoms with van der Waals surface area (Å²) in [5.74, 6) is 0.575. The molecule has 4 nitrogen and oxygen atoms in total. The lowest BCUT2D eigenvalue weighted by atomic mass is 10.0. The Morgan fingerprint density at radius 3 is 2.87 bits per heavy atom. The molecule has 3 aromatic rings. The van der Waals surface area contributed by atoms with Crippen LogP contribution in [0.5, 0.6) is 0 Å². The predicted molar refractivity (Wildman–Crippen MR) is 92.5 cm³/mol. The van der Waals surface area contributed by atoms with Gasteiger partial charge in [-0.3, -0.25) is 14.9 Å². The summed E-state index contributed by atoms with van der Waals surface area (Å²) >= 11 is 6.23. The average molecular weight is 328 g/mol. The molecule has 1 N–H and O–H groups in total. The number of rotatable bonds is 5. The zero-order valence-corrected chi connectivity index (χ0v) is 13.9. The van der Waals surface area contributed by atoms with E-state index < -0.39 is 0 Å². The van der Waals surface area contributed by atoms with Crippen LogP contribution in [0.1, 0.15) is 26.0 Å². The molecular formula is C18H18ClN3O. The highest BCUT2D eigenvalue weighted by molar-refractivity contribution is 6.33. The van der Waals surface area contributed by atoms with E-state index in [9.17, 15) is 4.79 Å². The molecule has 2 heterocycles. The molecule has 0 atom stereocenters. The van der Waals surface area contributed by atoms with Crippen LogP contribution in [0, 0.1) is 5.92 Å². The molecule has 0 unspecified atom stereocenters. The van der Waals surface area contributed by atoms with Crippen molar-refractivity contribution in [1.29, 1.82) is 0 Å². The normalized spacial score (nSPS) is 11.3. The quantitative estimate of drug-likeness (QED) is 0.753. The Morgan fingerprint density at radius 2 is 2.13 bits per heavy atom. The van der Waals surface area contributed by atoms with Gasteiger partial charge in [-0.25, -0.2) is 0 Å². The maximum Gasteiger partial charge on any atom is 0.139 e. The van der Waals surface area contributed by atoms with Crippen LogP contribution in [-0.2, 0) is 11.2 Å².